The van der Waals surface area contributed by atoms with Gasteiger partial charge in [0.15, 0.2) is 0 Å². The Morgan fingerprint density at radius 3 is 2.75 bits per heavy atom. The van der Waals surface area contributed by atoms with Gasteiger partial charge in [-0.1, -0.05) is 19.8 Å². The van der Waals surface area contributed by atoms with Gasteiger partial charge in [0.25, 0.3) is 0 Å². The minimum Gasteiger partial charge on any atom is -0.481 e. The summed E-state index contributed by atoms with van der Waals surface area (Å²) in [6.07, 6.45) is 7.60. The molecule has 3 N–H and O–H groups in total. The number of fused-ring (bicyclic) bond motifs is 1. The summed E-state index contributed by atoms with van der Waals surface area (Å²) in [5.41, 5.74) is 0. The Morgan fingerprint density at radius 2 is 2.00 bits per heavy atom. The van der Waals surface area contributed by atoms with Crippen LogP contribution >= 0.6 is 0 Å². The number of hydrogen-bond donors (Lipinski definition) is 3. The molecule has 5 heteroatoms. The highest BCUT2D eigenvalue weighted by atomic mass is 16.4. The van der Waals surface area contributed by atoms with Crippen molar-refractivity contribution in [2.24, 2.45) is 11.8 Å². The van der Waals surface area contributed by atoms with Crippen molar-refractivity contribution in [1.29, 1.82) is 0 Å². The van der Waals surface area contributed by atoms with Gasteiger partial charge in [-0.25, -0.2) is 0 Å². The van der Waals surface area contributed by atoms with Gasteiger partial charge in [-0.3, -0.25) is 9.59 Å². The summed E-state index contributed by atoms with van der Waals surface area (Å²) in [5, 5.41) is 15.2. The van der Waals surface area contributed by atoms with Gasteiger partial charge < -0.3 is 15.7 Å². The molecule has 1 amide bonds. The first-order valence-electron chi connectivity index (χ1n) is 7.84. The first-order valence-corrected chi connectivity index (χ1v) is 7.84. The molecule has 114 valence electrons. The summed E-state index contributed by atoms with van der Waals surface area (Å²) in [5.74, 6) is -0.427. The van der Waals surface area contributed by atoms with Gasteiger partial charge in [0.05, 0.1) is 12.0 Å². The Labute approximate surface area is 120 Å². The molecule has 1 saturated carbocycles. The van der Waals surface area contributed by atoms with Crippen LogP contribution in [0.1, 0.15) is 51.9 Å². The molecule has 0 aromatic carbocycles. The molecule has 2 aliphatic rings. The average molecular weight is 282 g/mol. The molecule has 1 aliphatic heterocycles. The van der Waals surface area contributed by atoms with Crippen LogP contribution in [0.4, 0.5) is 0 Å². The maximum atomic E-state index is 12.1. The van der Waals surface area contributed by atoms with Crippen molar-refractivity contribution < 1.29 is 14.7 Å². The van der Waals surface area contributed by atoms with Crippen molar-refractivity contribution in [2.75, 3.05) is 6.54 Å². The van der Waals surface area contributed by atoms with E-state index in [1.54, 1.807) is 6.92 Å². The maximum Gasteiger partial charge on any atom is 0.306 e. The van der Waals surface area contributed by atoms with Crippen LogP contribution in [0, 0.1) is 11.8 Å². The second kappa shape index (κ2) is 7.07. The lowest BCUT2D eigenvalue weighted by Gasteiger charge is -2.39. The minimum absolute atomic E-state index is 0.0339. The van der Waals surface area contributed by atoms with E-state index in [0.717, 1.165) is 18.8 Å². The summed E-state index contributed by atoms with van der Waals surface area (Å²) in [6, 6.07) is 0.417. The molecule has 4 unspecified atom stereocenters. The van der Waals surface area contributed by atoms with Crippen molar-refractivity contribution in [3.05, 3.63) is 0 Å². The van der Waals surface area contributed by atoms with Crippen LogP contribution < -0.4 is 10.6 Å². The third kappa shape index (κ3) is 3.95. The molecule has 0 bridgehead atoms. The molecular formula is C15H26N2O3. The van der Waals surface area contributed by atoms with E-state index in [-0.39, 0.29) is 11.9 Å². The van der Waals surface area contributed by atoms with Gasteiger partial charge in [-0.2, -0.15) is 0 Å². The Bertz CT molecular complexity index is 359. The second-order valence-corrected chi connectivity index (χ2v) is 6.27. The molecule has 2 rings (SSSR count). The summed E-state index contributed by atoms with van der Waals surface area (Å²) >= 11 is 0. The zero-order valence-corrected chi connectivity index (χ0v) is 12.2. The molecule has 0 aromatic rings. The number of carboxylic acids is 1. The van der Waals surface area contributed by atoms with E-state index < -0.39 is 11.9 Å². The highest BCUT2D eigenvalue weighted by Crippen LogP contribution is 2.32. The summed E-state index contributed by atoms with van der Waals surface area (Å²) in [7, 11) is 0. The first kappa shape index (κ1) is 15.3. The van der Waals surface area contributed by atoms with Gasteiger partial charge >= 0.3 is 5.97 Å². The van der Waals surface area contributed by atoms with Crippen molar-refractivity contribution >= 4 is 11.9 Å². The molecular weight excluding hydrogens is 256 g/mol. The number of rotatable bonds is 5. The fourth-order valence-electron chi connectivity index (χ4n) is 3.36. The van der Waals surface area contributed by atoms with E-state index >= 15 is 0 Å². The predicted molar refractivity (Wildman–Crippen MR) is 76.3 cm³/mol. The molecule has 1 saturated heterocycles. The van der Waals surface area contributed by atoms with E-state index in [0.29, 0.717) is 19.0 Å². The molecule has 20 heavy (non-hydrogen) atoms. The molecule has 0 aromatic heterocycles. The van der Waals surface area contributed by atoms with Crippen LogP contribution in [0.2, 0.25) is 0 Å². The Balaban J connectivity index is 1.71. The van der Waals surface area contributed by atoms with Gasteiger partial charge in [0.2, 0.25) is 5.91 Å². The third-order valence-electron chi connectivity index (χ3n) is 4.77. The molecule has 0 radical (unpaired) electrons. The van der Waals surface area contributed by atoms with Crippen LogP contribution in [-0.4, -0.2) is 35.6 Å². The molecule has 2 fully saturated rings. The molecule has 5 nitrogen and oxygen atoms in total. The van der Waals surface area contributed by atoms with Crippen molar-refractivity contribution in [3.8, 4) is 0 Å². The minimum atomic E-state index is -0.805. The lowest BCUT2D eigenvalue weighted by molar-refractivity contribution is -0.141. The van der Waals surface area contributed by atoms with E-state index in [4.69, 9.17) is 5.11 Å². The zero-order chi connectivity index (χ0) is 14.5. The number of piperidine rings is 1. The van der Waals surface area contributed by atoms with E-state index in [2.05, 4.69) is 10.6 Å². The number of aliphatic carboxylic acids is 1. The normalized spacial score (nSPS) is 31.1. The molecule has 1 aliphatic carbocycles. The number of carbonyl (C=O) groups is 2. The Kier molecular flexibility index (Phi) is 5.40. The number of carbonyl (C=O) groups excluding carboxylic acids is 1. The highest BCUT2D eigenvalue weighted by Gasteiger charge is 2.34. The monoisotopic (exact) mass is 282 g/mol. The lowest BCUT2D eigenvalue weighted by atomic mass is 9.77. The van der Waals surface area contributed by atoms with Crippen LogP contribution in [-0.2, 0) is 9.59 Å². The standard InChI is InChI=1S/C15H26N2O3/c1-10(15(19)20)8-9-16-14(18)13-7-6-11-4-2-3-5-12(11)17-13/h10-13,17H,2-9H2,1H3,(H,16,18)(H,19,20). The van der Waals surface area contributed by atoms with E-state index in [1.807, 2.05) is 0 Å². The third-order valence-corrected chi connectivity index (χ3v) is 4.77. The number of nitrogens with one attached hydrogen (secondary N) is 2. The zero-order valence-electron chi connectivity index (χ0n) is 12.2. The average Bonchev–Trinajstić information content (AvgIpc) is 2.46. The number of carboxylic acid groups (broad SMARTS) is 1. The lowest BCUT2D eigenvalue weighted by Crippen LogP contribution is -2.55. The van der Waals surface area contributed by atoms with E-state index in [1.165, 1.54) is 25.7 Å². The Hall–Kier alpha value is -1.10. The fraction of sp³-hybridized carbons (Fsp3) is 0.867. The largest absolute Gasteiger partial charge is 0.481 e. The number of hydrogen-bond acceptors (Lipinski definition) is 3. The quantitative estimate of drug-likeness (QED) is 0.714. The first-order chi connectivity index (χ1) is 9.58. The maximum absolute atomic E-state index is 12.1. The van der Waals surface area contributed by atoms with Crippen LogP contribution in [0.15, 0.2) is 0 Å². The second-order valence-electron chi connectivity index (χ2n) is 6.27. The predicted octanol–water partition coefficient (Wildman–Crippen LogP) is 1.52. The fourth-order valence-corrected chi connectivity index (χ4v) is 3.36. The van der Waals surface area contributed by atoms with Gasteiger partial charge in [-0.05, 0) is 38.0 Å². The van der Waals surface area contributed by atoms with Crippen LogP contribution in [0.3, 0.4) is 0 Å². The summed E-state index contributed by atoms with van der Waals surface area (Å²) in [4.78, 5) is 22.8. The van der Waals surface area contributed by atoms with Crippen LogP contribution in [0.5, 0.6) is 0 Å². The van der Waals surface area contributed by atoms with Crippen molar-refractivity contribution in [2.45, 2.75) is 64.0 Å². The van der Waals surface area contributed by atoms with Gasteiger partial charge in [0, 0.05) is 12.6 Å². The van der Waals surface area contributed by atoms with Crippen molar-refractivity contribution in [1.82, 2.24) is 10.6 Å². The molecule has 4 atom stereocenters. The van der Waals surface area contributed by atoms with Gasteiger partial charge in [0.1, 0.15) is 0 Å². The molecule has 1 heterocycles. The van der Waals surface area contributed by atoms with Crippen molar-refractivity contribution in [3.63, 3.8) is 0 Å². The van der Waals surface area contributed by atoms with E-state index in [9.17, 15) is 9.59 Å². The topological polar surface area (TPSA) is 78.4 Å². The number of amides is 1. The van der Waals surface area contributed by atoms with Crippen LogP contribution in [0.25, 0.3) is 0 Å². The molecule has 0 spiro atoms. The van der Waals surface area contributed by atoms with Gasteiger partial charge in [-0.15, -0.1) is 0 Å². The summed E-state index contributed by atoms with van der Waals surface area (Å²) < 4.78 is 0. The Morgan fingerprint density at radius 1 is 1.25 bits per heavy atom. The summed E-state index contributed by atoms with van der Waals surface area (Å²) in [6.45, 7) is 2.11. The highest BCUT2D eigenvalue weighted by molar-refractivity contribution is 5.82. The smallest absolute Gasteiger partial charge is 0.306 e. The SMILES string of the molecule is CC(CCNC(=O)C1CCC2CCCCC2N1)C(=O)O.